The molecule has 2 atom stereocenters. The molecule has 2 aromatic rings. The van der Waals surface area contributed by atoms with Crippen LogP contribution >= 0.6 is 0 Å². The second-order valence-electron chi connectivity index (χ2n) is 5.01. The largest absolute Gasteiger partial charge is 0.391 e. The van der Waals surface area contributed by atoms with E-state index in [0.29, 0.717) is 11.8 Å². The molecule has 1 aliphatic rings. The molecule has 0 saturated heterocycles. The van der Waals surface area contributed by atoms with E-state index in [9.17, 15) is 4.39 Å². The van der Waals surface area contributed by atoms with Crippen molar-refractivity contribution in [3.8, 4) is 0 Å². The SMILES string of the molecule is CC(c1cc2cc(F)ccc2[nH]1)C1C=CNCC1. The van der Waals surface area contributed by atoms with E-state index < -0.39 is 0 Å². The first-order valence-electron chi connectivity index (χ1n) is 6.42. The third-order valence-electron chi connectivity index (χ3n) is 3.82. The van der Waals surface area contributed by atoms with Gasteiger partial charge >= 0.3 is 0 Å². The second kappa shape index (κ2) is 4.48. The molecular formula is C15H17FN2. The number of H-pyrrole nitrogens is 1. The summed E-state index contributed by atoms with van der Waals surface area (Å²) in [6, 6.07) is 6.95. The lowest BCUT2D eigenvalue weighted by Gasteiger charge is -2.23. The average molecular weight is 244 g/mol. The van der Waals surface area contributed by atoms with Crippen molar-refractivity contribution in [2.45, 2.75) is 19.3 Å². The standard InChI is InChI=1S/C15H17FN2/c1-10(11-4-6-17-7-5-11)15-9-12-8-13(16)2-3-14(12)18-15/h2-4,6,8-11,17-18H,5,7H2,1H3. The lowest BCUT2D eigenvalue weighted by Crippen LogP contribution is -2.20. The normalized spacial score (nSPS) is 20.9. The second-order valence-corrected chi connectivity index (χ2v) is 5.01. The summed E-state index contributed by atoms with van der Waals surface area (Å²) in [5.41, 5.74) is 2.20. The average Bonchev–Trinajstić information content (AvgIpc) is 2.81. The van der Waals surface area contributed by atoms with Gasteiger partial charge in [0.15, 0.2) is 0 Å². The van der Waals surface area contributed by atoms with Crippen molar-refractivity contribution in [3.63, 3.8) is 0 Å². The fourth-order valence-electron chi connectivity index (χ4n) is 2.64. The van der Waals surface area contributed by atoms with Gasteiger partial charge in [0.2, 0.25) is 0 Å². The monoisotopic (exact) mass is 244 g/mol. The van der Waals surface area contributed by atoms with Crippen molar-refractivity contribution in [2.24, 2.45) is 5.92 Å². The molecule has 0 spiro atoms. The minimum atomic E-state index is -0.178. The Bertz CT molecular complexity index is 585. The number of halogens is 1. The third-order valence-corrected chi connectivity index (χ3v) is 3.82. The van der Waals surface area contributed by atoms with Crippen molar-refractivity contribution in [2.75, 3.05) is 6.54 Å². The molecule has 1 aliphatic heterocycles. The molecule has 0 bridgehead atoms. The zero-order valence-corrected chi connectivity index (χ0v) is 10.4. The molecule has 1 aromatic carbocycles. The molecule has 3 rings (SSSR count). The number of allylic oxidation sites excluding steroid dienone is 1. The number of aromatic amines is 1. The van der Waals surface area contributed by atoms with Gasteiger partial charge in [0.1, 0.15) is 5.82 Å². The van der Waals surface area contributed by atoms with E-state index in [0.717, 1.165) is 23.9 Å². The van der Waals surface area contributed by atoms with Crippen LogP contribution in [0.2, 0.25) is 0 Å². The molecule has 2 heterocycles. The van der Waals surface area contributed by atoms with Crippen molar-refractivity contribution >= 4 is 10.9 Å². The number of rotatable bonds is 2. The first-order valence-corrected chi connectivity index (χ1v) is 6.42. The smallest absolute Gasteiger partial charge is 0.123 e. The van der Waals surface area contributed by atoms with Crippen LogP contribution in [0.3, 0.4) is 0 Å². The summed E-state index contributed by atoms with van der Waals surface area (Å²) in [5, 5.41) is 4.17. The van der Waals surface area contributed by atoms with E-state index >= 15 is 0 Å². The number of benzene rings is 1. The van der Waals surface area contributed by atoms with Gasteiger partial charge in [-0.3, -0.25) is 0 Å². The summed E-state index contributed by atoms with van der Waals surface area (Å²) in [4.78, 5) is 3.40. The number of hydrogen-bond donors (Lipinski definition) is 2. The Labute approximate surface area is 106 Å². The third kappa shape index (κ3) is 2.01. The Morgan fingerprint density at radius 1 is 1.33 bits per heavy atom. The Morgan fingerprint density at radius 3 is 3.00 bits per heavy atom. The van der Waals surface area contributed by atoms with Gasteiger partial charge in [-0.15, -0.1) is 0 Å². The summed E-state index contributed by atoms with van der Waals surface area (Å²) >= 11 is 0. The quantitative estimate of drug-likeness (QED) is 0.831. The topological polar surface area (TPSA) is 27.8 Å². The number of aromatic nitrogens is 1. The van der Waals surface area contributed by atoms with Crippen LogP contribution in [-0.2, 0) is 0 Å². The molecule has 1 aromatic heterocycles. The predicted octanol–water partition coefficient (Wildman–Crippen LogP) is 3.53. The highest BCUT2D eigenvalue weighted by Crippen LogP contribution is 2.30. The van der Waals surface area contributed by atoms with E-state index in [4.69, 9.17) is 0 Å². The Morgan fingerprint density at radius 2 is 2.22 bits per heavy atom. The van der Waals surface area contributed by atoms with Crippen LogP contribution in [0, 0.1) is 11.7 Å². The maximum atomic E-state index is 13.2. The molecule has 0 amide bonds. The van der Waals surface area contributed by atoms with Crippen LogP contribution in [0.1, 0.15) is 25.0 Å². The first-order chi connectivity index (χ1) is 8.74. The molecule has 3 heteroatoms. The van der Waals surface area contributed by atoms with Crippen molar-refractivity contribution < 1.29 is 4.39 Å². The van der Waals surface area contributed by atoms with Gasteiger partial charge < -0.3 is 10.3 Å². The molecule has 0 radical (unpaired) electrons. The van der Waals surface area contributed by atoms with Crippen LogP contribution in [0.15, 0.2) is 36.5 Å². The van der Waals surface area contributed by atoms with Crippen LogP contribution in [0.5, 0.6) is 0 Å². The van der Waals surface area contributed by atoms with Crippen LogP contribution in [0.25, 0.3) is 10.9 Å². The van der Waals surface area contributed by atoms with E-state index in [2.05, 4.69) is 29.4 Å². The molecule has 94 valence electrons. The van der Waals surface area contributed by atoms with E-state index in [1.54, 1.807) is 12.1 Å². The molecule has 2 unspecified atom stereocenters. The maximum absolute atomic E-state index is 13.2. The van der Waals surface area contributed by atoms with Crippen molar-refractivity contribution in [3.05, 3.63) is 48.1 Å². The maximum Gasteiger partial charge on any atom is 0.123 e. The fourth-order valence-corrected chi connectivity index (χ4v) is 2.64. The van der Waals surface area contributed by atoms with E-state index in [1.165, 1.54) is 11.8 Å². The van der Waals surface area contributed by atoms with Crippen LogP contribution in [0.4, 0.5) is 4.39 Å². The zero-order valence-electron chi connectivity index (χ0n) is 10.4. The molecule has 0 fully saturated rings. The Hall–Kier alpha value is -1.77. The lowest BCUT2D eigenvalue weighted by molar-refractivity contribution is 0.470. The van der Waals surface area contributed by atoms with Gasteiger partial charge in [-0.2, -0.15) is 0 Å². The Balaban J connectivity index is 1.93. The molecular weight excluding hydrogens is 227 g/mol. The summed E-state index contributed by atoms with van der Waals surface area (Å²) in [7, 11) is 0. The van der Waals surface area contributed by atoms with Gasteiger partial charge in [-0.25, -0.2) is 4.39 Å². The van der Waals surface area contributed by atoms with Gasteiger partial charge in [0, 0.05) is 29.1 Å². The summed E-state index contributed by atoms with van der Waals surface area (Å²) in [5.74, 6) is 0.797. The highest BCUT2D eigenvalue weighted by molar-refractivity contribution is 5.80. The number of hydrogen-bond acceptors (Lipinski definition) is 1. The van der Waals surface area contributed by atoms with Gasteiger partial charge in [-0.05, 0) is 42.8 Å². The molecule has 2 nitrogen and oxygen atoms in total. The fraction of sp³-hybridized carbons (Fsp3) is 0.333. The highest BCUT2D eigenvalue weighted by Gasteiger charge is 2.19. The van der Waals surface area contributed by atoms with Gasteiger partial charge in [0.25, 0.3) is 0 Å². The summed E-state index contributed by atoms with van der Waals surface area (Å²) < 4.78 is 13.2. The van der Waals surface area contributed by atoms with Crippen LogP contribution in [-0.4, -0.2) is 11.5 Å². The summed E-state index contributed by atoms with van der Waals surface area (Å²) in [6.45, 7) is 3.25. The first kappa shape index (κ1) is 11.3. The van der Waals surface area contributed by atoms with E-state index in [1.807, 2.05) is 6.20 Å². The minimum absolute atomic E-state index is 0.178. The van der Waals surface area contributed by atoms with Crippen LogP contribution < -0.4 is 5.32 Å². The van der Waals surface area contributed by atoms with Gasteiger partial charge in [0.05, 0.1) is 0 Å². The Kier molecular flexibility index (Phi) is 2.82. The summed E-state index contributed by atoms with van der Waals surface area (Å²) in [6.07, 6.45) is 5.40. The number of nitrogens with one attached hydrogen (secondary N) is 2. The van der Waals surface area contributed by atoms with Crippen molar-refractivity contribution in [1.82, 2.24) is 10.3 Å². The van der Waals surface area contributed by atoms with Crippen molar-refractivity contribution in [1.29, 1.82) is 0 Å². The molecule has 18 heavy (non-hydrogen) atoms. The lowest BCUT2D eigenvalue weighted by atomic mass is 9.87. The zero-order chi connectivity index (χ0) is 12.5. The highest BCUT2D eigenvalue weighted by atomic mass is 19.1. The molecule has 0 saturated carbocycles. The molecule has 0 aliphatic carbocycles. The minimum Gasteiger partial charge on any atom is -0.391 e. The van der Waals surface area contributed by atoms with E-state index in [-0.39, 0.29) is 5.82 Å². The predicted molar refractivity (Wildman–Crippen MR) is 71.9 cm³/mol. The van der Waals surface area contributed by atoms with Gasteiger partial charge in [-0.1, -0.05) is 13.0 Å². The molecule has 2 N–H and O–H groups in total. The number of fused-ring (bicyclic) bond motifs is 1.